The van der Waals surface area contributed by atoms with Gasteiger partial charge in [-0.3, -0.25) is 0 Å². The third-order valence-electron chi connectivity index (χ3n) is 8.23. The van der Waals surface area contributed by atoms with Crippen molar-refractivity contribution in [3.63, 3.8) is 0 Å². The SMILES string of the molecule is CC(C)[Si](OC(=O)NCCc1cn(C(c2ccccc2)(c2ccccc2)c2ccccc2)cn1)(C(C)C)C(C)C. The van der Waals surface area contributed by atoms with E-state index in [4.69, 9.17) is 9.41 Å². The molecule has 0 aliphatic rings. The summed E-state index contributed by atoms with van der Waals surface area (Å²) in [6.45, 7) is 13.6. The van der Waals surface area contributed by atoms with Crippen LogP contribution in [0.25, 0.3) is 0 Å². The van der Waals surface area contributed by atoms with Gasteiger partial charge in [0.05, 0.1) is 12.0 Å². The summed E-state index contributed by atoms with van der Waals surface area (Å²) in [5, 5.41) is 3.02. The number of carbonyl (C=O) groups excluding carboxylic acids is 1. The number of hydrogen-bond donors (Lipinski definition) is 1. The summed E-state index contributed by atoms with van der Waals surface area (Å²) in [4.78, 5) is 17.8. The summed E-state index contributed by atoms with van der Waals surface area (Å²) in [6.07, 6.45) is 4.31. The highest BCUT2D eigenvalue weighted by atomic mass is 28.4. The summed E-state index contributed by atoms with van der Waals surface area (Å²) in [6, 6.07) is 31.7. The normalized spacial score (nSPS) is 12.2. The second-order valence-electron chi connectivity index (χ2n) is 11.5. The van der Waals surface area contributed by atoms with Gasteiger partial charge >= 0.3 is 6.09 Å². The fourth-order valence-corrected chi connectivity index (χ4v) is 11.6. The number of amides is 1. The predicted molar refractivity (Wildman–Crippen MR) is 166 cm³/mol. The first-order valence-corrected chi connectivity index (χ1v) is 16.5. The lowest BCUT2D eigenvalue weighted by atomic mass is 9.77. The first-order chi connectivity index (χ1) is 19.2. The molecule has 0 saturated carbocycles. The minimum atomic E-state index is -2.28. The van der Waals surface area contributed by atoms with Crippen molar-refractivity contribution in [2.45, 2.75) is 70.1 Å². The Morgan fingerprint density at radius 2 is 1.20 bits per heavy atom. The van der Waals surface area contributed by atoms with Crippen LogP contribution in [0.2, 0.25) is 16.6 Å². The maximum atomic E-state index is 13.0. The van der Waals surface area contributed by atoms with Crippen molar-refractivity contribution in [1.29, 1.82) is 0 Å². The minimum absolute atomic E-state index is 0.311. The molecule has 1 aromatic heterocycles. The second kappa shape index (κ2) is 12.7. The number of benzene rings is 3. The highest BCUT2D eigenvalue weighted by Crippen LogP contribution is 2.43. The average molecular weight is 554 g/mol. The first-order valence-electron chi connectivity index (χ1n) is 14.4. The molecule has 5 nitrogen and oxygen atoms in total. The lowest BCUT2D eigenvalue weighted by molar-refractivity contribution is 0.193. The Morgan fingerprint density at radius 1 is 0.775 bits per heavy atom. The average Bonchev–Trinajstić information content (AvgIpc) is 3.42. The topological polar surface area (TPSA) is 56.1 Å². The van der Waals surface area contributed by atoms with Crippen LogP contribution in [0.3, 0.4) is 0 Å². The maximum absolute atomic E-state index is 13.0. The molecule has 4 rings (SSSR count). The van der Waals surface area contributed by atoms with E-state index >= 15 is 0 Å². The minimum Gasteiger partial charge on any atom is -0.503 e. The largest absolute Gasteiger partial charge is 0.503 e. The van der Waals surface area contributed by atoms with Crippen LogP contribution in [0.1, 0.15) is 63.9 Å². The van der Waals surface area contributed by atoms with Gasteiger partial charge in [-0.25, -0.2) is 9.78 Å². The van der Waals surface area contributed by atoms with Crippen LogP contribution in [0.15, 0.2) is 104 Å². The highest BCUT2D eigenvalue weighted by Gasteiger charge is 2.48. The van der Waals surface area contributed by atoms with Crippen molar-refractivity contribution < 1.29 is 9.22 Å². The van der Waals surface area contributed by atoms with Crippen LogP contribution in [0.4, 0.5) is 4.79 Å². The van der Waals surface area contributed by atoms with E-state index in [0.717, 1.165) is 22.4 Å². The van der Waals surface area contributed by atoms with Gasteiger partial charge in [0.1, 0.15) is 5.54 Å². The molecule has 3 aromatic carbocycles. The molecule has 0 unspecified atom stereocenters. The summed E-state index contributed by atoms with van der Waals surface area (Å²) < 4.78 is 8.46. The van der Waals surface area contributed by atoms with Crippen molar-refractivity contribution in [3.05, 3.63) is 126 Å². The Hall–Kier alpha value is -3.64. The quantitative estimate of drug-likeness (QED) is 0.151. The van der Waals surface area contributed by atoms with E-state index in [1.807, 2.05) is 24.5 Å². The van der Waals surface area contributed by atoms with Crippen LogP contribution in [-0.4, -0.2) is 30.5 Å². The Balaban J connectivity index is 1.61. The van der Waals surface area contributed by atoms with Crippen LogP contribution < -0.4 is 5.32 Å². The van der Waals surface area contributed by atoms with E-state index < -0.39 is 13.9 Å². The molecule has 0 radical (unpaired) electrons. The zero-order chi connectivity index (χ0) is 28.8. The van der Waals surface area contributed by atoms with Crippen LogP contribution >= 0.6 is 0 Å². The van der Waals surface area contributed by atoms with Gasteiger partial charge in [-0.2, -0.15) is 0 Å². The fourth-order valence-electron chi connectivity index (χ4n) is 6.50. The molecule has 40 heavy (non-hydrogen) atoms. The summed E-state index contributed by atoms with van der Waals surface area (Å²) in [5.41, 5.74) is 4.79. The smallest absolute Gasteiger partial charge is 0.393 e. The molecular weight excluding hydrogens is 510 g/mol. The Labute approximate surface area is 240 Å². The Kier molecular flexibility index (Phi) is 9.31. The number of hydrogen-bond acceptors (Lipinski definition) is 3. The number of rotatable bonds is 11. The molecule has 0 saturated heterocycles. The van der Waals surface area contributed by atoms with Crippen LogP contribution in [-0.2, 0) is 16.4 Å². The molecular formula is C34H43N3O2Si. The summed E-state index contributed by atoms with van der Waals surface area (Å²) in [5.74, 6) is 0. The van der Waals surface area contributed by atoms with Crippen LogP contribution in [0, 0.1) is 0 Å². The van der Waals surface area contributed by atoms with Gasteiger partial charge < -0.3 is 14.3 Å². The molecule has 210 valence electrons. The van der Waals surface area contributed by atoms with Gasteiger partial charge in [0.15, 0.2) is 0 Å². The molecule has 0 aliphatic carbocycles. The molecule has 0 aliphatic heterocycles. The van der Waals surface area contributed by atoms with Gasteiger partial charge in [-0.1, -0.05) is 133 Å². The monoisotopic (exact) mass is 553 g/mol. The third-order valence-corrected chi connectivity index (χ3v) is 14.2. The number of nitrogens with zero attached hydrogens (tertiary/aromatic N) is 2. The predicted octanol–water partition coefficient (Wildman–Crippen LogP) is 8.17. The number of aromatic nitrogens is 2. The molecule has 0 fully saturated rings. The second-order valence-corrected chi connectivity index (χ2v) is 16.8. The zero-order valence-corrected chi connectivity index (χ0v) is 25.7. The van der Waals surface area contributed by atoms with E-state index in [2.05, 4.69) is 130 Å². The molecule has 1 amide bonds. The Bertz CT molecular complexity index is 1230. The van der Waals surface area contributed by atoms with E-state index in [-0.39, 0.29) is 6.09 Å². The molecule has 0 bridgehead atoms. The third kappa shape index (κ3) is 5.64. The van der Waals surface area contributed by atoms with Crippen molar-refractivity contribution >= 4 is 14.4 Å². The summed E-state index contributed by atoms with van der Waals surface area (Å²) >= 11 is 0. The van der Waals surface area contributed by atoms with Gasteiger partial charge in [0.2, 0.25) is 0 Å². The van der Waals surface area contributed by atoms with Crippen molar-refractivity contribution in [2.75, 3.05) is 6.54 Å². The van der Waals surface area contributed by atoms with E-state index in [9.17, 15) is 4.79 Å². The molecule has 4 aromatic rings. The van der Waals surface area contributed by atoms with Crippen molar-refractivity contribution in [3.8, 4) is 0 Å². The first kappa shape index (κ1) is 29.3. The standard InChI is InChI=1S/C34H43N3O2Si/c1-26(2)40(27(3)4,28(5)6)39-33(38)35-23-22-32-24-37(25-36-32)34(29-16-10-7-11-17-29,30-18-12-8-13-19-30)31-20-14-9-15-21-31/h7-21,24-28H,22-23H2,1-6H3,(H,35,38). The molecule has 6 heteroatoms. The van der Waals surface area contributed by atoms with Gasteiger partial charge in [0, 0.05) is 19.2 Å². The lowest BCUT2D eigenvalue weighted by Gasteiger charge is -2.41. The molecule has 0 spiro atoms. The molecule has 0 atom stereocenters. The van der Waals surface area contributed by atoms with Gasteiger partial charge in [0.25, 0.3) is 8.32 Å². The van der Waals surface area contributed by atoms with E-state index in [1.165, 1.54) is 0 Å². The van der Waals surface area contributed by atoms with E-state index in [0.29, 0.717) is 29.6 Å². The van der Waals surface area contributed by atoms with Gasteiger partial charge in [-0.05, 0) is 33.3 Å². The number of nitrogens with one attached hydrogen (secondary N) is 1. The zero-order valence-electron chi connectivity index (χ0n) is 24.7. The van der Waals surface area contributed by atoms with E-state index in [1.54, 1.807) is 0 Å². The number of carbonyl (C=O) groups is 1. The molecule has 1 heterocycles. The van der Waals surface area contributed by atoms with Crippen LogP contribution in [0.5, 0.6) is 0 Å². The molecule has 1 N–H and O–H groups in total. The maximum Gasteiger partial charge on any atom is 0.393 e. The van der Waals surface area contributed by atoms with Crippen molar-refractivity contribution in [2.24, 2.45) is 0 Å². The van der Waals surface area contributed by atoms with Gasteiger partial charge in [-0.15, -0.1) is 0 Å². The lowest BCUT2D eigenvalue weighted by Crippen LogP contribution is -2.51. The van der Waals surface area contributed by atoms with Crippen molar-refractivity contribution in [1.82, 2.24) is 14.9 Å². The fraction of sp³-hybridized carbons (Fsp3) is 0.353. The summed E-state index contributed by atoms with van der Waals surface area (Å²) in [7, 11) is -2.28. The highest BCUT2D eigenvalue weighted by molar-refractivity contribution is 6.78. The number of imidazole rings is 1. The Morgan fingerprint density at radius 3 is 1.60 bits per heavy atom.